The quantitative estimate of drug-likeness (QED) is 0.661. The first-order valence-electron chi connectivity index (χ1n) is 6.83. The average molecular weight is 277 g/mol. The van der Waals surface area contributed by atoms with Crippen LogP contribution in [0.15, 0.2) is 24.3 Å². The lowest BCUT2D eigenvalue weighted by atomic mass is 10.1. The SMILES string of the molecule is CCCC(C)N1C(=O)CNC1c1cccc([N+](=O)[O-])c1. The summed E-state index contributed by atoms with van der Waals surface area (Å²) in [6, 6.07) is 6.57. The standard InChI is InChI=1S/C14H19N3O3/c1-3-5-10(2)16-13(18)9-15-14(16)11-6-4-7-12(8-11)17(19)20/h4,6-8,10,14-15H,3,5,9H2,1-2H3. The van der Waals surface area contributed by atoms with E-state index in [0.29, 0.717) is 0 Å². The Morgan fingerprint density at radius 1 is 1.55 bits per heavy atom. The van der Waals surface area contributed by atoms with Crippen LogP contribution in [-0.4, -0.2) is 28.3 Å². The molecule has 0 bridgehead atoms. The van der Waals surface area contributed by atoms with E-state index in [0.717, 1.165) is 18.4 Å². The van der Waals surface area contributed by atoms with Crippen molar-refractivity contribution in [3.05, 3.63) is 39.9 Å². The summed E-state index contributed by atoms with van der Waals surface area (Å²) >= 11 is 0. The van der Waals surface area contributed by atoms with Crippen molar-refractivity contribution in [3.63, 3.8) is 0 Å². The normalized spacial score (nSPS) is 20.2. The predicted molar refractivity (Wildman–Crippen MR) is 75.1 cm³/mol. The molecule has 1 aromatic rings. The lowest BCUT2D eigenvalue weighted by Gasteiger charge is -2.30. The summed E-state index contributed by atoms with van der Waals surface area (Å²) < 4.78 is 0. The maximum atomic E-state index is 12.0. The number of carbonyl (C=O) groups excluding carboxylic acids is 1. The van der Waals surface area contributed by atoms with Crippen LogP contribution < -0.4 is 5.32 Å². The fraction of sp³-hybridized carbons (Fsp3) is 0.500. The van der Waals surface area contributed by atoms with Crippen LogP contribution in [0.2, 0.25) is 0 Å². The molecule has 1 amide bonds. The third-order valence-corrected chi connectivity index (χ3v) is 3.59. The monoisotopic (exact) mass is 277 g/mol. The Kier molecular flexibility index (Phi) is 4.34. The molecule has 108 valence electrons. The highest BCUT2D eigenvalue weighted by molar-refractivity contribution is 5.81. The van der Waals surface area contributed by atoms with Crippen LogP contribution in [0.3, 0.4) is 0 Å². The van der Waals surface area contributed by atoms with E-state index < -0.39 is 4.92 Å². The summed E-state index contributed by atoms with van der Waals surface area (Å²) in [6.07, 6.45) is 1.63. The number of amides is 1. The second kappa shape index (κ2) is 6.00. The number of nitro benzene ring substituents is 1. The van der Waals surface area contributed by atoms with E-state index in [4.69, 9.17) is 0 Å². The van der Waals surface area contributed by atoms with Crippen molar-refractivity contribution in [2.75, 3.05) is 6.54 Å². The highest BCUT2D eigenvalue weighted by Gasteiger charge is 2.35. The minimum atomic E-state index is -0.417. The summed E-state index contributed by atoms with van der Waals surface area (Å²) in [5.41, 5.74) is 0.805. The van der Waals surface area contributed by atoms with Crippen molar-refractivity contribution < 1.29 is 9.72 Å². The summed E-state index contributed by atoms with van der Waals surface area (Å²) in [7, 11) is 0. The lowest BCUT2D eigenvalue weighted by Crippen LogP contribution is -2.37. The van der Waals surface area contributed by atoms with Gasteiger partial charge in [-0.25, -0.2) is 0 Å². The molecule has 2 atom stereocenters. The van der Waals surface area contributed by atoms with Crippen molar-refractivity contribution in [2.24, 2.45) is 0 Å². The second-order valence-corrected chi connectivity index (χ2v) is 5.07. The molecule has 1 fully saturated rings. The van der Waals surface area contributed by atoms with Crippen LogP contribution >= 0.6 is 0 Å². The molecule has 1 saturated heterocycles. The largest absolute Gasteiger partial charge is 0.319 e. The number of nitro groups is 1. The molecule has 20 heavy (non-hydrogen) atoms. The zero-order chi connectivity index (χ0) is 14.7. The van der Waals surface area contributed by atoms with E-state index in [1.807, 2.05) is 13.0 Å². The van der Waals surface area contributed by atoms with Gasteiger partial charge >= 0.3 is 0 Å². The molecule has 1 aliphatic heterocycles. The smallest absolute Gasteiger partial charge is 0.269 e. The highest BCUT2D eigenvalue weighted by Crippen LogP contribution is 2.28. The fourth-order valence-electron chi connectivity index (χ4n) is 2.66. The second-order valence-electron chi connectivity index (χ2n) is 5.07. The molecule has 0 saturated carbocycles. The molecular formula is C14H19N3O3. The van der Waals surface area contributed by atoms with Gasteiger partial charge in [-0.05, 0) is 18.9 Å². The van der Waals surface area contributed by atoms with E-state index in [2.05, 4.69) is 12.2 Å². The molecule has 0 radical (unpaired) electrons. The van der Waals surface area contributed by atoms with Crippen LogP contribution in [0.1, 0.15) is 38.4 Å². The highest BCUT2D eigenvalue weighted by atomic mass is 16.6. The third-order valence-electron chi connectivity index (χ3n) is 3.59. The number of carbonyl (C=O) groups is 1. The molecule has 0 aliphatic carbocycles. The maximum absolute atomic E-state index is 12.0. The first kappa shape index (κ1) is 14.5. The number of non-ortho nitro benzene ring substituents is 1. The van der Waals surface area contributed by atoms with Gasteiger partial charge in [-0.3, -0.25) is 20.2 Å². The van der Waals surface area contributed by atoms with Gasteiger partial charge < -0.3 is 4.90 Å². The van der Waals surface area contributed by atoms with Crippen molar-refractivity contribution >= 4 is 11.6 Å². The van der Waals surface area contributed by atoms with E-state index >= 15 is 0 Å². The number of hydrogen-bond donors (Lipinski definition) is 1. The van der Waals surface area contributed by atoms with Crippen LogP contribution in [0.25, 0.3) is 0 Å². The number of benzene rings is 1. The van der Waals surface area contributed by atoms with E-state index in [1.165, 1.54) is 12.1 Å². The Bertz CT molecular complexity index is 518. The van der Waals surface area contributed by atoms with Crippen LogP contribution in [0, 0.1) is 10.1 Å². The molecule has 1 heterocycles. The molecule has 1 N–H and O–H groups in total. The van der Waals surface area contributed by atoms with Crippen molar-refractivity contribution in [2.45, 2.75) is 38.9 Å². The van der Waals surface area contributed by atoms with Gasteiger partial charge in [-0.1, -0.05) is 25.5 Å². The van der Waals surface area contributed by atoms with Crippen molar-refractivity contribution in [1.29, 1.82) is 0 Å². The summed E-state index contributed by atoms with van der Waals surface area (Å²) in [4.78, 5) is 24.3. The predicted octanol–water partition coefficient (Wildman–Crippen LogP) is 2.21. The van der Waals surface area contributed by atoms with Crippen LogP contribution in [-0.2, 0) is 4.79 Å². The first-order chi connectivity index (χ1) is 9.54. The number of rotatable bonds is 5. The lowest BCUT2D eigenvalue weighted by molar-refractivity contribution is -0.385. The van der Waals surface area contributed by atoms with Gasteiger partial charge in [-0.15, -0.1) is 0 Å². The summed E-state index contributed by atoms with van der Waals surface area (Å²) in [5, 5.41) is 14.0. The molecule has 6 heteroatoms. The first-order valence-corrected chi connectivity index (χ1v) is 6.83. The van der Waals surface area contributed by atoms with Gasteiger partial charge in [0.25, 0.3) is 5.69 Å². The Morgan fingerprint density at radius 2 is 2.30 bits per heavy atom. The molecule has 1 aliphatic rings. The Balaban J connectivity index is 2.28. The van der Waals surface area contributed by atoms with Gasteiger partial charge in [0.15, 0.2) is 0 Å². The molecule has 6 nitrogen and oxygen atoms in total. The molecule has 2 rings (SSSR count). The Labute approximate surface area is 117 Å². The zero-order valence-corrected chi connectivity index (χ0v) is 11.7. The van der Waals surface area contributed by atoms with E-state index in [1.54, 1.807) is 11.0 Å². The van der Waals surface area contributed by atoms with Crippen molar-refractivity contribution in [3.8, 4) is 0 Å². The van der Waals surface area contributed by atoms with Crippen molar-refractivity contribution in [1.82, 2.24) is 10.2 Å². The van der Waals surface area contributed by atoms with Crippen LogP contribution in [0.5, 0.6) is 0 Å². The minimum Gasteiger partial charge on any atom is -0.319 e. The van der Waals surface area contributed by atoms with Gasteiger partial charge in [-0.2, -0.15) is 0 Å². The van der Waals surface area contributed by atoms with Crippen LogP contribution in [0.4, 0.5) is 5.69 Å². The number of hydrogen-bond acceptors (Lipinski definition) is 4. The number of nitrogens with zero attached hydrogens (tertiary/aromatic N) is 2. The number of nitrogens with one attached hydrogen (secondary N) is 1. The molecule has 2 unspecified atom stereocenters. The average Bonchev–Trinajstić information content (AvgIpc) is 2.81. The Hall–Kier alpha value is -1.95. The van der Waals surface area contributed by atoms with Gasteiger partial charge in [0, 0.05) is 18.2 Å². The van der Waals surface area contributed by atoms with Gasteiger partial charge in [0.2, 0.25) is 5.91 Å². The molecule has 0 spiro atoms. The van der Waals surface area contributed by atoms with Gasteiger partial charge in [0.05, 0.1) is 11.5 Å². The fourth-order valence-corrected chi connectivity index (χ4v) is 2.66. The van der Waals surface area contributed by atoms with E-state index in [9.17, 15) is 14.9 Å². The molecule has 1 aromatic carbocycles. The van der Waals surface area contributed by atoms with E-state index in [-0.39, 0.29) is 30.3 Å². The van der Waals surface area contributed by atoms with Gasteiger partial charge in [0.1, 0.15) is 6.17 Å². The molecular weight excluding hydrogens is 258 g/mol. The topological polar surface area (TPSA) is 75.5 Å². The Morgan fingerprint density at radius 3 is 2.95 bits per heavy atom. The maximum Gasteiger partial charge on any atom is 0.269 e. The zero-order valence-electron chi connectivity index (χ0n) is 11.7. The minimum absolute atomic E-state index is 0.0439. The summed E-state index contributed by atoms with van der Waals surface area (Å²) in [6.45, 7) is 4.37. The molecule has 0 aromatic heterocycles. The third kappa shape index (κ3) is 2.80. The summed E-state index contributed by atoms with van der Waals surface area (Å²) in [5.74, 6) is 0.0439.